The van der Waals surface area contributed by atoms with Gasteiger partial charge in [-0.25, -0.2) is 4.79 Å². The highest BCUT2D eigenvalue weighted by molar-refractivity contribution is 5.65. The van der Waals surface area contributed by atoms with Crippen LogP contribution in [0.25, 0.3) is 0 Å². The Labute approximate surface area is 58.4 Å². The van der Waals surface area contributed by atoms with Gasteiger partial charge in [0.25, 0.3) is 0 Å². The van der Waals surface area contributed by atoms with Crippen molar-refractivity contribution < 1.29 is 14.6 Å². The van der Waals surface area contributed by atoms with E-state index in [4.69, 9.17) is 9.84 Å². The van der Waals surface area contributed by atoms with Crippen molar-refractivity contribution in [2.45, 2.75) is 18.6 Å². The highest BCUT2D eigenvalue weighted by Gasteiger charge is 2.44. The molecule has 2 fully saturated rings. The molecule has 0 saturated carbocycles. The van der Waals surface area contributed by atoms with Crippen LogP contribution in [0.5, 0.6) is 0 Å². The smallest absolute Gasteiger partial charge is 0.407 e. The SMILES string of the molecule is O=C(O)N1CC[C@H]2O[C@H]2C1. The van der Waals surface area contributed by atoms with Gasteiger partial charge in [-0.05, 0) is 6.42 Å². The summed E-state index contributed by atoms with van der Waals surface area (Å²) in [6, 6.07) is 0. The Morgan fingerprint density at radius 2 is 2.40 bits per heavy atom. The molecule has 0 radical (unpaired) electrons. The summed E-state index contributed by atoms with van der Waals surface area (Å²) in [5, 5.41) is 8.54. The lowest BCUT2D eigenvalue weighted by Gasteiger charge is -2.20. The zero-order valence-corrected chi connectivity index (χ0v) is 5.49. The van der Waals surface area contributed by atoms with Gasteiger partial charge in [0.05, 0.1) is 12.6 Å². The Kier molecular flexibility index (Phi) is 1.11. The van der Waals surface area contributed by atoms with E-state index in [9.17, 15) is 4.79 Å². The topological polar surface area (TPSA) is 53.1 Å². The molecule has 56 valence electrons. The molecular formula is C6H9NO3. The van der Waals surface area contributed by atoms with Crippen LogP contribution in [-0.2, 0) is 4.74 Å². The molecule has 1 N–H and O–H groups in total. The van der Waals surface area contributed by atoms with E-state index >= 15 is 0 Å². The third-order valence-electron chi connectivity index (χ3n) is 2.04. The zero-order chi connectivity index (χ0) is 7.14. The first-order chi connectivity index (χ1) is 4.77. The second-order valence-corrected chi connectivity index (χ2v) is 2.73. The summed E-state index contributed by atoms with van der Waals surface area (Å²) in [6.07, 6.45) is 0.631. The molecule has 4 nitrogen and oxygen atoms in total. The second-order valence-electron chi connectivity index (χ2n) is 2.73. The van der Waals surface area contributed by atoms with Crippen LogP contribution in [0.1, 0.15) is 6.42 Å². The number of carbonyl (C=O) groups is 1. The molecular weight excluding hydrogens is 134 g/mol. The molecule has 0 spiro atoms. The van der Waals surface area contributed by atoms with Crippen LogP contribution in [0, 0.1) is 0 Å². The summed E-state index contributed by atoms with van der Waals surface area (Å²) in [7, 11) is 0. The van der Waals surface area contributed by atoms with Gasteiger partial charge in [-0.3, -0.25) is 0 Å². The van der Waals surface area contributed by atoms with Crippen molar-refractivity contribution in [1.82, 2.24) is 4.90 Å². The van der Waals surface area contributed by atoms with Crippen molar-refractivity contribution >= 4 is 6.09 Å². The van der Waals surface area contributed by atoms with Crippen LogP contribution in [-0.4, -0.2) is 41.4 Å². The monoisotopic (exact) mass is 143 g/mol. The molecule has 2 saturated heterocycles. The Bertz CT molecular complexity index is 170. The van der Waals surface area contributed by atoms with Crippen LogP contribution >= 0.6 is 0 Å². The number of piperidine rings is 1. The van der Waals surface area contributed by atoms with Crippen molar-refractivity contribution in [2.75, 3.05) is 13.1 Å². The number of carboxylic acid groups (broad SMARTS) is 1. The van der Waals surface area contributed by atoms with Gasteiger partial charge < -0.3 is 14.7 Å². The molecule has 2 rings (SSSR count). The van der Waals surface area contributed by atoms with E-state index in [-0.39, 0.29) is 6.10 Å². The predicted molar refractivity (Wildman–Crippen MR) is 32.9 cm³/mol. The maximum atomic E-state index is 10.4. The molecule has 0 unspecified atom stereocenters. The summed E-state index contributed by atoms with van der Waals surface area (Å²) < 4.78 is 5.15. The molecule has 0 aromatic carbocycles. The molecule has 0 aromatic rings. The van der Waals surface area contributed by atoms with Gasteiger partial charge in [0.2, 0.25) is 0 Å². The minimum atomic E-state index is -0.825. The number of amides is 1. The van der Waals surface area contributed by atoms with E-state index in [0.717, 1.165) is 6.42 Å². The summed E-state index contributed by atoms with van der Waals surface area (Å²) in [5.74, 6) is 0. The largest absolute Gasteiger partial charge is 0.465 e. The Morgan fingerprint density at radius 1 is 1.60 bits per heavy atom. The third-order valence-corrected chi connectivity index (χ3v) is 2.04. The minimum absolute atomic E-state index is 0.213. The van der Waals surface area contributed by atoms with Gasteiger partial charge in [-0.2, -0.15) is 0 Å². The third kappa shape index (κ3) is 0.844. The lowest BCUT2D eigenvalue weighted by atomic mass is 10.1. The number of epoxide rings is 1. The number of likely N-dealkylation sites (tertiary alicyclic amines) is 1. The predicted octanol–water partition coefficient (Wildman–Crippen LogP) is 0.137. The molecule has 0 aliphatic carbocycles. The van der Waals surface area contributed by atoms with Gasteiger partial charge >= 0.3 is 6.09 Å². The fourth-order valence-corrected chi connectivity index (χ4v) is 1.36. The van der Waals surface area contributed by atoms with Crippen LogP contribution in [0.4, 0.5) is 4.79 Å². The van der Waals surface area contributed by atoms with E-state index in [2.05, 4.69) is 0 Å². The normalized spacial score (nSPS) is 37.0. The first kappa shape index (κ1) is 5.97. The standard InChI is InChI=1S/C6H9NO3/c8-6(9)7-2-1-4-5(3-7)10-4/h4-5H,1-3H2,(H,8,9)/t4-,5+/m1/s1. The van der Waals surface area contributed by atoms with Crippen molar-refractivity contribution in [3.8, 4) is 0 Å². The zero-order valence-electron chi connectivity index (χ0n) is 5.49. The van der Waals surface area contributed by atoms with E-state index < -0.39 is 6.09 Å². The van der Waals surface area contributed by atoms with Crippen molar-refractivity contribution in [2.24, 2.45) is 0 Å². The number of rotatable bonds is 0. The molecule has 2 heterocycles. The van der Waals surface area contributed by atoms with Crippen molar-refractivity contribution in [3.05, 3.63) is 0 Å². The average Bonchev–Trinajstić information content (AvgIpc) is 2.63. The van der Waals surface area contributed by atoms with Gasteiger partial charge in [-0.1, -0.05) is 0 Å². The molecule has 0 bridgehead atoms. The van der Waals surface area contributed by atoms with Crippen molar-refractivity contribution in [1.29, 1.82) is 0 Å². The Balaban J connectivity index is 1.94. The maximum Gasteiger partial charge on any atom is 0.407 e. The second kappa shape index (κ2) is 1.85. The highest BCUT2D eigenvalue weighted by Crippen LogP contribution is 2.30. The molecule has 2 atom stereocenters. The first-order valence-corrected chi connectivity index (χ1v) is 3.41. The van der Waals surface area contributed by atoms with Crippen LogP contribution in [0.15, 0.2) is 0 Å². The quantitative estimate of drug-likeness (QED) is 0.490. The molecule has 4 heteroatoms. The molecule has 1 amide bonds. The van der Waals surface area contributed by atoms with E-state index in [1.54, 1.807) is 0 Å². The van der Waals surface area contributed by atoms with Crippen LogP contribution in [0.3, 0.4) is 0 Å². The molecule has 10 heavy (non-hydrogen) atoms. The van der Waals surface area contributed by atoms with E-state index in [1.165, 1.54) is 4.90 Å². The maximum absolute atomic E-state index is 10.4. The first-order valence-electron chi connectivity index (χ1n) is 3.41. The minimum Gasteiger partial charge on any atom is -0.465 e. The van der Waals surface area contributed by atoms with Gasteiger partial charge in [0, 0.05) is 6.54 Å². The molecule has 0 aromatic heterocycles. The van der Waals surface area contributed by atoms with Gasteiger partial charge in [0.15, 0.2) is 0 Å². The Hall–Kier alpha value is -0.770. The van der Waals surface area contributed by atoms with Crippen LogP contribution < -0.4 is 0 Å². The van der Waals surface area contributed by atoms with Crippen LogP contribution in [0.2, 0.25) is 0 Å². The van der Waals surface area contributed by atoms with Gasteiger partial charge in [-0.15, -0.1) is 0 Å². The Morgan fingerprint density at radius 3 is 3.00 bits per heavy atom. The average molecular weight is 143 g/mol. The summed E-state index contributed by atoms with van der Waals surface area (Å²) in [6.45, 7) is 1.20. The number of fused-ring (bicyclic) bond motifs is 1. The fourth-order valence-electron chi connectivity index (χ4n) is 1.36. The number of hydrogen-bond acceptors (Lipinski definition) is 2. The summed E-state index contributed by atoms with van der Waals surface area (Å²) in [5.41, 5.74) is 0. The lowest BCUT2D eigenvalue weighted by molar-refractivity contribution is 0.139. The van der Waals surface area contributed by atoms with E-state index in [1.807, 2.05) is 0 Å². The highest BCUT2D eigenvalue weighted by atomic mass is 16.6. The summed E-state index contributed by atoms with van der Waals surface area (Å²) >= 11 is 0. The lowest BCUT2D eigenvalue weighted by Crippen LogP contribution is -2.38. The number of hydrogen-bond donors (Lipinski definition) is 1. The number of ether oxygens (including phenoxy) is 1. The summed E-state index contributed by atoms with van der Waals surface area (Å²) in [4.78, 5) is 11.8. The van der Waals surface area contributed by atoms with Crippen molar-refractivity contribution in [3.63, 3.8) is 0 Å². The number of nitrogens with zero attached hydrogens (tertiary/aromatic N) is 1. The van der Waals surface area contributed by atoms with Gasteiger partial charge in [0.1, 0.15) is 6.10 Å². The van der Waals surface area contributed by atoms with E-state index in [0.29, 0.717) is 19.2 Å². The molecule has 2 aliphatic rings. The fraction of sp³-hybridized carbons (Fsp3) is 0.833. The molecule has 2 aliphatic heterocycles.